The van der Waals surface area contributed by atoms with Crippen molar-refractivity contribution in [1.29, 1.82) is 0 Å². The molecule has 2 aromatic rings. The second-order valence-corrected chi connectivity index (χ2v) is 6.78. The van der Waals surface area contributed by atoms with Crippen molar-refractivity contribution in [3.8, 4) is 0 Å². The maximum Gasteiger partial charge on any atom is 0.0624 e. The molecule has 112 valence electrons. The van der Waals surface area contributed by atoms with E-state index in [0.717, 1.165) is 29.4 Å². The van der Waals surface area contributed by atoms with E-state index in [1.807, 2.05) is 25.2 Å². The van der Waals surface area contributed by atoms with E-state index in [4.69, 9.17) is 23.2 Å². The number of rotatable bonds is 6. The third-order valence-corrected chi connectivity index (χ3v) is 5.13. The van der Waals surface area contributed by atoms with Crippen LogP contribution in [0.1, 0.15) is 11.1 Å². The molecule has 1 unspecified atom stereocenters. The molecule has 0 saturated carbocycles. The Bertz CT molecular complexity index is 601. The fourth-order valence-electron chi connectivity index (χ4n) is 2.50. The van der Waals surface area contributed by atoms with Crippen LogP contribution in [-0.4, -0.2) is 13.6 Å². The van der Waals surface area contributed by atoms with E-state index in [2.05, 4.69) is 45.5 Å². The fourth-order valence-corrected chi connectivity index (χ4v) is 3.34. The van der Waals surface area contributed by atoms with Crippen LogP contribution in [0.5, 0.6) is 0 Å². The lowest BCUT2D eigenvalue weighted by atomic mass is 9.92. The second-order valence-electron chi connectivity index (χ2n) is 5.14. The van der Waals surface area contributed by atoms with Crippen molar-refractivity contribution in [2.45, 2.75) is 12.8 Å². The molecule has 1 N–H and O–H groups in total. The van der Waals surface area contributed by atoms with E-state index >= 15 is 0 Å². The SMILES string of the molecule is CNCC(Cc1ccccc1Br)Cc1cccc(Cl)c1Cl. The molecule has 2 rings (SSSR count). The Kier molecular flexibility index (Phi) is 6.56. The number of nitrogens with one attached hydrogen (secondary N) is 1. The van der Waals surface area contributed by atoms with E-state index in [9.17, 15) is 0 Å². The lowest BCUT2D eigenvalue weighted by molar-refractivity contribution is 0.492. The van der Waals surface area contributed by atoms with Crippen molar-refractivity contribution >= 4 is 39.1 Å². The summed E-state index contributed by atoms with van der Waals surface area (Å²) in [4.78, 5) is 0. The average molecular weight is 387 g/mol. The third-order valence-electron chi connectivity index (χ3n) is 3.50. The number of benzene rings is 2. The molecule has 0 amide bonds. The smallest absolute Gasteiger partial charge is 0.0624 e. The van der Waals surface area contributed by atoms with E-state index < -0.39 is 0 Å². The van der Waals surface area contributed by atoms with Gasteiger partial charge in [-0.1, -0.05) is 69.5 Å². The Morgan fingerprint density at radius 3 is 2.38 bits per heavy atom. The third kappa shape index (κ3) is 4.72. The first-order chi connectivity index (χ1) is 10.1. The molecule has 0 fully saturated rings. The average Bonchev–Trinajstić information content (AvgIpc) is 2.46. The van der Waals surface area contributed by atoms with Gasteiger partial charge in [0, 0.05) is 4.47 Å². The summed E-state index contributed by atoms with van der Waals surface area (Å²) in [5.74, 6) is 0.463. The molecule has 21 heavy (non-hydrogen) atoms. The molecule has 0 saturated heterocycles. The van der Waals surface area contributed by atoms with Crippen LogP contribution < -0.4 is 5.32 Å². The molecule has 1 atom stereocenters. The van der Waals surface area contributed by atoms with Crippen LogP contribution in [0.15, 0.2) is 46.9 Å². The molecule has 2 aromatic carbocycles. The predicted octanol–water partition coefficient (Wildman–Crippen LogP) is 5.38. The highest BCUT2D eigenvalue weighted by Crippen LogP contribution is 2.29. The van der Waals surface area contributed by atoms with E-state index in [1.54, 1.807) is 0 Å². The first-order valence-electron chi connectivity index (χ1n) is 6.92. The van der Waals surface area contributed by atoms with E-state index in [0.29, 0.717) is 16.0 Å². The molecule has 4 heteroatoms. The number of hydrogen-bond acceptors (Lipinski definition) is 1. The van der Waals surface area contributed by atoms with Gasteiger partial charge in [0.2, 0.25) is 0 Å². The van der Waals surface area contributed by atoms with Crippen LogP contribution >= 0.6 is 39.1 Å². The topological polar surface area (TPSA) is 12.0 Å². The second kappa shape index (κ2) is 8.19. The Balaban J connectivity index is 2.16. The van der Waals surface area contributed by atoms with Crippen molar-refractivity contribution in [1.82, 2.24) is 5.32 Å². The molecule has 1 nitrogen and oxygen atoms in total. The molecule has 0 bridgehead atoms. The van der Waals surface area contributed by atoms with Crippen LogP contribution in [0.3, 0.4) is 0 Å². The standard InChI is InChI=1S/C17H18BrCl2N/c1-21-11-12(9-13-5-2-3-7-15(13)18)10-14-6-4-8-16(19)17(14)20/h2-8,12,21H,9-11H2,1H3. The quantitative estimate of drug-likeness (QED) is 0.702. The van der Waals surface area contributed by atoms with Crippen molar-refractivity contribution in [3.63, 3.8) is 0 Å². The first kappa shape index (κ1) is 16.8. The highest BCUT2D eigenvalue weighted by atomic mass is 79.9. The van der Waals surface area contributed by atoms with Gasteiger partial charge < -0.3 is 5.32 Å². The minimum Gasteiger partial charge on any atom is -0.319 e. The van der Waals surface area contributed by atoms with Gasteiger partial charge in [0.15, 0.2) is 0 Å². The van der Waals surface area contributed by atoms with Crippen molar-refractivity contribution in [2.75, 3.05) is 13.6 Å². The summed E-state index contributed by atoms with van der Waals surface area (Å²) in [6.07, 6.45) is 1.90. The summed E-state index contributed by atoms with van der Waals surface area (Å²) in [5.41, 5.74) is 2.42. The highest BCUT2D eigenvalue weighted by Gasteiger charge is 2.14. The largest absolute Gasteiger partial charge is 0.319 e. The van der Waals surface area contributed by atoms with Crippen molar-refractivity contribution in [3.05, 3.63) is 68.1 Å². The summed E-state index contributed by atoms with van der Waals surface area (Å²) >= 11 is 16.0. The van der Waals surface area contributed by atoms with Crippen molar-refractivity contribution < 1.29 is 0 Å². The van der Waals surface area contributed by atoms with Gasteiger partial charge in [0.1, 0.15) is 0 Å². The van der Waals surface area contributed by atoms with Crippen LogP contribution in [-0.2, 0) is 12.8 Å². The molecule has 0 heterocycles. The zero-order chi connectivity index (χ0) is 15.2. The molecule has 0 spiro atoms. The van der Waals surface area contributed by atoms with Gasteiger partial charge in [-0.25, -0.2) is 0 Å². The Labute approximate surface area is 144 Å². The summed E-state index contributed by atoms with van der Waals surface area (Å²) in [6.45, 7) is 0.935. The maximum atomic E-state index is 6.31. The van der Waals surface area contributed by atoms with Gasteiger partial charge in [-0.2, -0.15) is 0 Å². The van der Waals surface area contributed by atoms with Gasteiger partial charge in [0.25, 0.3) is 0 Å². The first-order valence-corrected chi connectivity index (χ1v) is 8.47. The molecule has 0 aliphatic heterocycles. The van der Waals surface area contributed by atoms with Gasteiger partial charge in [-0.15, -0.1) is 0 Å². The minimum absolute atomic E-state index is 0.463. The van der Waals surface area contributed by atoms with Crippen LogP contribution in [0.25, 0.3) is 0 Å². The minimum atomic E-state index is 0.463. The van der Waals surface area contributed by atoms with E-state index in [1.165, 1.54) is 5.56 Å². The van der Waals surface area contributed by atoms with Gasteiger partial charge in [0.05, 0.1) is 10.0 Å². The zero-order valence-electron chi connectivity index (χ0n) is 11.9. The normalized spacial score (nSPS) is 12.4. The molecule has 0 aliphatic rings. The van der Waals surface area contributed by atoms with Crippen LogP contribution in [0.4, 0.5) is 0 Å². The Hall–Kier alpha value is -0.540. The predicted molar refractivity (Wildman–Crippen MR) is 95.4 cm³/mol. The maximum absolute atomic E-state index is 6.31. The van der Waals surface area contributed by atoms with Crippen molar-refractivity contribution in [2.24, 2.45) is 5.92 Å². The number of hydrogen-bond donors (Lipinski definition) is 1. The van der Waals surface area contributed by atoms with Crippen LogP contribution in [0.2, 0.25) is 10.0 Å². The van der Waals surface area contributed by atoms with Crippen LogP contribution in [0, 0.1) is 5.92 Å². The summed E-state index contributed by atoms with van der Waals surface area (Å²) < 4.78 is 1.16. The lowest BCUT2D eigenvalue weighted by Gasteiger charge is -2.18. The molecule has 0 aromatic heterocycles. The Morgan fingerprint density at radius 2 is 1.67 bits per heavy atom. The molecule has 0 aliphatic carbocycles. The monoisotopic (exact) mass is 385 g/mol. The molecular formula is C17H18BrCl2N. The van der Waals surface area contributed by atoms with Gasteiger partial charge in [-0.05, 0) is 55.6 Å². The lowest BCUT2D eigenvalue weighted by Crippen LogP contribution is -2.23. The van der Waals surface area contributed by atoms with Gasteiger partial charge in [-0.3, -0.25) is 0 Å². The molecule has 0 radical (unpaired) electrons. The zero-order valence-corrected chi connectivity index (χ0v) is 15.0. The van der Waals surface area contributed by atoms with E-state index in [-0.39, 0.29) is 0 Å². The summed E-state index contributed by atoms with van der Waals surface area (Å²) in [7, 11) is 1.98. The molecular weight excluding hydrogens is 369 g/mol. The Morgan fingerprint density at radius 1 is 1.00 bits per heavy atom. The number of halogens is 3. The fraction of sp³-hybridized carbons (Fsp3) is 0.294. The highest BCUT2D eigenvalue weighted by molar-refractivity contribution is 9.10. The summed E-state index contributed by atoms with van der Waals surface area (Å²) in [5, 5.41) is 4.57. The summed E-state index contributed by atoms with van der Waals surface area (Å²) in [6, 6.07) is 14.2. The van der Waals surface area contributed by atoms with Gasteiger partial charge >= 0.3 is 0 Å².